The molecule has 0 saturated heterocycles. The predicted octanol–water partition coefficient (Wildman–Crippen LogP) is 4.64. The zero-order valence-corrected chi connectivity index (χ0v) is 12.5. The molecule has 2 aliphatic rings. The molecule has 0 aliphatic heterocycles. The first-order valence-electron chi connectivity index (χ1n) is 5.47. The average Bonchev–Trinajstić information content (AvgIpc) is 2.76. The maximum absolute atomic E-state index is 3.44. The van der Waals surface area contributed by atoms with Gasteiger partial charge in [0.1, 0.15) is 0 Å². The summed E-state index contributed by atoms with van der Waals surface area (Å²) in [4.78, 5) is 0. The summed E-state index contributed by atoms with van der Waals surface area (Å²) in [6.07, 6.45) is 13.4. The minimum absolute atomic E-state index is 0. The summed E-state index contributed by atoms with van der Waals surface area (Å²) in [5, 5.41) is 0. The molecule has 0 spiro atoms. The summed E-state index contributed by atoms with van der Waals surface area (Å²) in [5.74, 6) is 0. The Balaban J connectivity index is -0.000000245. The third-order valence-electron chi connectivity index (χ3n) is 3.15. The maximum Gasteiger partial charge on any atom is 4.00 e. The van der Waals surface area contributed by atoms with Crippen molar-refractivity contribution in [2.75, 3.05) is 0 Å². The molecule has 0 nitrogen and oxygen atoms in total. The summed E-state index contributed by atoms with van der Waals surface area (Å²) >= 11 is 0. The standard InChI is InChI=1S/C10H15.C5H5.Ti.2H/c1-7-6-10(4,5)9(3)8(7)2;1-2-4-5-3-1;;;/h1-5H3;1-3H,4H2;;;/q2*-1;+4;2*-1. The fraction of sp³-hybridized carbons (Fsp3) is 0.467. The smallest absolute Gasteiger partial charge is 1.00 e. The van der Waals surface area contributed by atoms with Gasteiger partial charge >= 0.3 is 21.7 Å². The number of hydrogen-bond donors (Lipinski definition) is 0. The van der Waals surface area contributed by atoms with Gasteiger partial charge in [0, 0.05) is 0 Å². The second kappa shape index (κ2) is 6.42. The van der Waals surface area contributed by atoms with Crippen LogP contribution < -0.4 is 0 Å². The fourth-order valence-electron chi connectivity index (χ4n) is 1.75. The van der Waals surface area contributed by atoms with Crippen LogP contribution in [0.2, 0.25) is 0 Å². The Labute approximate surface area is 118 Å². The molecule has 0 fully saturated rings. The van der Waals surface area contributed by atoms with Crippen LogP contribution in [0.4, 0.5) is 0 Å². The Morgan fingerprint density at radius 1 is 1.25 bits per heavy atom. The average molecular weight is 250 g/mol. The first kappa shape index (κ1) is 15.7. The van der Waals surface area contributed by atoms with Crippen LogP contribution in [-0.4, -0.2) is 0 Å². The van der Waals surface area contributed by atoms with Gasteiger partial charge in [-0.25, -0.2) is 17.7 Å². The Morgan fingerprint density at radius 3 is 2.00 bits per heavy atom. The second-order valence-electron chi connectivity index (χ2n) is 4.63. The molecule has 0 saturated carbocycles. The van der Waals surface area contributed by atoms with E-state index in [0.29, 0.717) is 0 Å². The van der Waals surface area contributed by atoms with E-state index in [-0.39, 0.29) is 30.0 Å². The topological polar surface area (TPSA) is 0 Å². The first-order chi connectivity index (χ1) is 6.95. The van der Waals surface area contributed by atoms with Crippen molar-refractivity contribution in [3.8, 4) is 0 Å². The van der Waals surface area contributed by atoms with Crippen molar-refractivity contribution in [2.24, 2.45) is 5.41 Å². The molecule has 0 N–H and O–H groups in total. The molecule has 0 heterocycles. The van der Waals surface area contributed by atoms with Crippen LogP contribution in [0.5, 0.6) is 0 Å². The summed E-state index contributed by atoms with van der Waals surface area (Å²) in [5.41, 5.74) is 4.39. The van der Waals surface area contributed by atoms with Crippen molar-refractivity contribution in [3.63, 3.8) is 0 Å². The molecule has 0 unspecified atom stereocenters. The molecule has 2 rings (SSSR count). The van der Waals surface area contributed by atoms with Crippen LogP contribution in [0.3, 0.4) is 0 Å². The third kappa shape index (κ3) is 3.92. The number of allylic oxidation sites excluding steroid dienone is 8. The molecule has 0 bridgehead atoms. The molecule has 0 amide bonds. The molecule has 16 heavy (non-hydrogen) atoms. The molecule has 0 aromatic rings. The van der Waals surface area contributed by atoms with E-state index in [1.54, 1.807) is 0 Å². The predicted molar refractivity (Wildman–Crippen MR) is 68.4 cm³/mol. The van der Waals surface area contributed by atoms with Crippen molar-refractivity contribution >= 4 is 0 Å². The zero-order chi connectivity index (χ0) is 11.5. The Bertz CT molecular complexity index is 351. The fourth-order valence-corrected chi connectivity index (χ4v) is 1.75. The van der Waals surface area contributed by atoms with Gasteiger partial charge in [-0.1, -0.05) is 33.1 Å². The van der Waals surface area contributed by atoms with E-state index in [2.05, 4.69) is 52.8 Å². The zero-order valence-electron chi connectivity index (χ0n) is 12.9. The van der Waals surface area contributed by atoms with Crippen LogP contribution in [0.1, 0.15) is 43.9 Å². The third-order valence-corrected chi connectivity index (χ3v) is 3.15. The largest absolute Gasteiger partial charge is 4.00 e. The van der Waals surface area contributed by atoms with Gasteiger partial charge in [-0.15, -0.1) is 13.3 Å². The van der Waals surface area contributed by atoms with E-state index in [4.69, 9.17) is 0 Å². The summed E-state index contributed by atoms with van der Waals surface area (Å²) in [6, 6.07) is 0. The molecule has 2 aliphatic carbocycles. The molecule has 0 radical (unpaired) electrons. The van der Waals surface area contributed by atoms with E-state index in [1.807, 2.05) is 12.2 Å². The van der Waals surface area contributed by atoms with E-state index < -0.39 is 0 Å². The van der Waals surface area contributed by atoms with Gasteiger partial charge in [-0.05, 0) is 0 Å². The van der Waals surface area contributed by atoms with Crippen LogP contribution in [0, 0.1) is 17.6 Å². The van der Waals surface area contributed by atoms with Crippen LogP contribution in [0.15, 0.2) is 34.9 Å². The van der Waals surface area contributed by atoms with Crippen molar-refractivity contribution in [2.45, 2.75) is 41.0 Å². The van der Waals surface area contributed by atoms with Crippen LogP contribution in [0.25, 0.3) is 0 Å². The summed E-state index contributed by atoms with van der Waals surface area (Å²) < 4.78 is 0. The SMILES string of the molecule is CC1=[C-]C(C)(C)C(C)=C1C.[C-]1=CC=CC1.[H-].[H-].[Ti+4]. The van der Waals surface area contributed by atoms with Crippen molar-refractivity contribution < 1.29 is 24.6 Å². The molecular weight excluding hydrogens is 228 g/mol. The van der Waals surface area contributed by atoms with Gasteiger partial charge in [0.25, 0.3) is 0 Å². The molecule has 0 aromatic carbocycles. The second-order valence-corrected chi connectivity index (χ2v) is 4.63. The van der Waals surface area contributed by atoms with Crippen molar-refractivity contribution in [1.82, 2.24) is 0 Å². The minimum Gasteiger partial charge on any atom is -1.00 e. The monoisotopic (exact) mass is 250 g/mol. The van der Waals surface area contributed by atoms with E-state index in [1.165, 1.54) is 16.7 Å². The van der Waals surface area contributed by atoms with Gasteiger partial charge < -0.3 is 2.85 Å². The minimum atomic E-state index is 0. The van der Waals surface area contributed by atoms with Crippen molar-refractivity contribution in [1.29, 1.82) is 0 Å². The van der Waals surface area contributed by atoms with Crippen molar-refractivity contribution in [3.05, 3.63) is 47.1 Å². The maximum atomic E-state index is 3.44. The van der Waals surface area contributed by atoms with Crippen LogP contribution in [-0.2, 0) is 21.7 Å². The Kier molecular flexibility index (Phi) is 6.29. The Morgan fingerprint density at radius 2 is 1.88 bits per heavy atom. The van der Waals surface area contributed by atoms with E-state index in [9.17, 15) is 0 Å². The van der Waals surface area contributed by atoms with Gasteiger partial charge in [0.2, 0.25) is 0 Å². The molecular formula is C15H22Ti. The van der Waals surface area contributed by atoms with Gasteiger partial charge in [0.15, 0.2) is 0 Å². The molecule has 0 aromatic heterocycles. The quantitative estimate of drug-likeness (QED) is 0.434. The normalized spacial score (nSPS) is 20.2. The number of rotatable bonds is 0. The molecule has 86 valence electrons. The van der Waals surface area contributed by atoms with Gasteiger partial charge in [-0.2, -0.15) is 17.2 Å². The van der Waals surface area contributed by atoms with Crippen LogP contribution >= 0.6 is 0 Å². The van der Waals surface area contributed by atoms with E-state index >= 15 is 0 Å². The van der Waals surface area contributed by atoms with Gasteiger partial charge in [-0.3, -0.25) is 12.2 Å². The summed E-state index contributed by atoms with van der Waals surface area (Å²) in [7, 11) is 0. The first-order valence-corrected chi connectivity index (χ1v) is 5.47. The Hall–Kier alpha value is -0.326. The summed E-state index contributed by atoms with van der Waals surface area (Å²) in [6.45, 7) is 10.9. The molecule has 0 atom stereocenters. The van der Waals surface area contributed by atoms with Gasteiger partial charge in [0.05, 0.1) is 0 Å². The number of hydrogen-bond acceptors (Lipinski definition) is 0. The molecule has 1 heteroatoms. The van der Waals surface area contributed by atoms with E-state index in [0.717, 1.165) is 6.42 Å².